The molecule has 0 aliphatic rings. The molecule has 3 heteroatoms. The second-order valence-electron chi connectivity index (χ2n) is 3.09. The van der Waals surface area contributed by atoms with Crippen LogP contribution in [0, 0.1) is 0 Å². The predicted octanol–water partition coefficient (Wildman–Crippen LogP) is 4.20. The number of aromatic nitrogens is 1. The number of aromatic amines is 1. The summed E-state index contributed by atoms with van der Waals surface area (Å²) in [4.78, 5) is 3.12. The van der Waals surface area contributed by atoms with Crippen LogP contribution in [-0.4, -0.2) is 4.98 Å². The second-order valence-corrected chi connectivity index (χ2v) is 3.90. The van der Waals surface area contributed by atoms with Gasteiger partial charge in [-0.15, -0.1) is 6.58 Å². The van der Waals surface area contributed by atoms with Crippen molar-refractivity contribution < 1.29 is 0 Å². The number of nitrogens with one attached hydrogen (secondary N) is 1. The molecule has 0 amide bonds. The van der Waals surface area contributed by atoms with E-state index in [1.54, 1.807) is 6.07 Å². The monoisotopic (exact) mass is 225 g/mol. The Balaban J connectivity index is 2.76. The number of hydrogen-bond donors (Lipinski definition) is 1. The first-order valence-corrected chi connectivity index (χ1v) is 5.04. The fourth-order valence-corrected chi connectivity index (χ4v) is 2.05. The van der Waals surface area contributed by atoms with E-state index in [0.29, 0.717) is 5.02 Å². The quantitative estimate of drug-likeness (QED) is 0.738. The molecule has 0 spiro atoms. The molecule has 2 rings (SSSR count). The molecule has 72 valence electrons. The first-order valence-electron chi connectivity index (χ1n) is 4.29. The van der Waals surface area contributed by atoms with Crippen LogP contribution in [0.1, 0.15) is 5.56 Å². The summed E-state index contributed by atoms with van der Waals surface area (Å²) in [5.41, 5.74) is 2.03. The van der Waals surface area contributed by atoms with E-state index in [1.807, 2.05) is 18.3 Å². The minimum Gasteiger partial charge on any atom is -0.360 e. The molecule has 2 aromatic rings. The van der Waals surface area contributed by atoms with Crippen molar-refractivity contribution in [1.29, 1.82) is 0 Å². The van der Waals surface area contributed by atoms with Crippen molar-refractivity contribution in [1.82, 2.24) is 4.98 Å². The van der Waals surface area contributed by atoms with Gasteiger partial charge in [-0.3, -0.25) is 0 Å². The van der Waals surface area contributed by atoms with Crippen LogP contribution in [-0.2, 0) is 6.42 Å². The molecule has 0 saturated heterocycles. The van der Waals surface area contributed by atoms with E-state index in [4.69, 9.17) is 23.2 Å². The molecule has 1 aromatic carbocycles. The highest BCUT2D eigenvalue weighted by Gasteiger charge is 2.08. The normalized spacial score (nSPS) is 10.7. The summed E-state index contributed by atoms with van der Waals surface area (Å²) in [5.74, 6) is 0. The minimum atomic E-state index is 0.694. The molecule has 0 aliphatic heterocycles. The van der Waals surface area contributed by atoms with E-state index in [1.165, 1.54) is 0 Å². The van der Waals surface area contributed by atoms with Crippen LogP contribution >= 0.6 is 23.2 Å². The zero-order valence-electron chi connectivity index (χ0n) is 7.48. The third kappa shape index (κ3) is 1.43. The third-order valence-corrected chi connectivity index (χ3v) is 2.81. The van der Waals surface area contributed by atoms with Crippen LogP contribution in [0.2, 0.25) is 10.0 Å². The van der Waals surface area contributed by atoms with Gasteiger partial charge >= 0.3 is 0 Å². The number of halogens is 2. The number of allylic oxidation sites excluding steroid dienone is 1. The van der Waals surface area contributed by atoms with Gasteiger partial charge in [0.2, 0.25) is 0 Å². The van der Waals surface area contributed by atoms with Crippen molar-refractivity contribution in [3.05, 3.63) is 46.6 Å². The van der Waals surface area contributed by atoms with Crippen LogP contribution in [0.4, 0.5) is 0 Å². The predicted molar refractivity (Wildman–Crippen MR) is 62.2 cm³/mol. The maximum Gasteiger partial charge on any atom is 0.0661 e. The third-order valence-electron chi connectivity index (χ3n) is 2.18. The van der Waals surface area contributed by atoms with Gasteiger partial charge in [-0.05, 0) is 24.1 Å². The summed E-state index contributed by atoms with van der Waals surface area (Å²) in [7, 11) is 0. The van der Waals surface area contributed by atoms with Gasteiger partial charge in [0.15, 0.2) is 0 Å². The van der Waals surface area contributed by atoms with Crippen LogP contribution in [0.3, 0.4) is 0 Å². The van der Waals surface area contributed by atoms with Crippen molar-refractivity contribution in [2.75, 3.05) is 0 Å². The summed E-state index contributed by atoms with van der Waals surface area (Å²) in [6.45, 7) is 3.70. The molecule has 1 nitrogen and oxygen atoms in total. The molecule has 0 atom stereocenters. The Morgan fingerprint density at radius 1 is 1.29 bits per heavy atom. The summed E-state index contributed by atoms with van der Waals surface area (Å²) in [6, 6.07) is 3.60. The largest absolute Gasteiger partial charge is 0.360 e. The van der Waals surface area contributed by atoms with Crippen LogP contribution < -0.4 is 0 Å². The maximum absolute atomic E-state index is 6.10. The highest BCUT2D eigenvalue weighted by Crippen LogP contribution is 2.31. The Morgan fingerprint density at radius 2 is 2.00 bits per heavy atom. The van der Waals surface area contributed by atoms with Crippen LogP contribution in [0.15, 0.2) is 31.0 Å². The maximum atomic E-state index is 6.10. The Labute approximate surface area is 92.3 Å². The van der Waals surface area contributed by atoms with Gasteiger partial charge in [-0.25, -0.2) is 0 Å². The second kappa shape index (κ2) is 3.68. The van der Waals surface area contributed by atoms with Crippen LogP contribution in [0.25, 0.3) is 10.9 Å². The number of fused-ring (bicyclic) bond motifs is 1. The van der Waals surface area contributed by atoms with Gasteiger partial charge in [0.1, 0.15) is 0 Å². The number of benzene rings is 1. The first-order chi connectivity index (χ1) is 6.74. The highest BCUT2D eigenvalue weighted by atomic mass is 35.5. The van der Waals surface area contributed by atoms with E-state index in [9.17, 15) is 0 Å². The Morgan fingerprint density at radius 3 is 2.71 bits per heavy atom. The number of H-pyrrole nitrogens is 1. The summed E-state index contributed by atoms with van der Waals surface area (Å²) >= 11 is 12.1. The van der Waals surface area contributed by atoms with Crippen molar-refractivity contribution in [3.63, 3.8) is 0 Å². The van der Waals surface area contributed by atoms with E-state index in [-0.39, 0.29) is 0 Å². The van der Waals surface area contributed by atoms with Crippen molar-refractivity contribution >= 4 is 34.1 Å². The fraction of sp³-hybridized carbons (Fsp3) is 0.0909. The average molecular weight is 226 g/mol. The van der Waals surface area contributed by atoms with Crippen molar-refractivity contribution in [3.8, 4) is 0 Å². The number of rotatable bonds is 2. The SMILES string of the molecule is C=CCc1c[nH]c2c(Cl)ccc(Cl)c12. The van der Waals surface area contributed by atoms with Gasteiger partial charge in [0.25, 0.3) is 0 Å². The van der Waals surface area contributed by atoms with E-state index < -0.39 is 0 Å². The van der Waals surface area contributed by atoms with E-state index >= 15 is 0 Å². The molecule has 14 heavy (non-hydrogen) atoms. The highest BCUT2D eigenvalue weighted by molar-refractivity contribution is 6.40. The van der Waals surface area contributed by atoms with Crippen molar-refractivity contribution in [2.24, 2.45) is 0 Å². The molecule has 0 radical (unpaired) electrons. The molecule has 0 fully saturated rings. The van der Waals surface area contributed by atoms with Crippen molar-refractivity contribution in [2.45, 2.75) is 6.42 Å². The Hall–Kier alpha value is -0.920. The lowest BCUT2D eigenvalue weighted by molar-refractivity contribution is 1.29. The van der Waals surface area contributed by atoms with Gasteiger partial charge in [-0.1, -0.05) is 29.3 Å². The lowest BCUT2D eigenvalue weighted by atomic mass is 10.1. The Bertz CT molecular complexity index is 485. The lowest BCUT2D eigenvalue weighted by Gasteiger charge is -1.99. The molecule has 0 bridgehead atoms. The molecule has 0 aliphatic carbocycles. The van der Waals surface area contributed by atoms with Gasteiger partial charge in [0.05, 0.1) is 15.6 Å². The van der Waals surface area contributed by atoms with Crippen LogP contribution in [0.5, 0.6) is 0 Å². The summed E-state index contributed by atoms with van der Waals surface area (Å²) < 4.78 is 0. The smallest absolute Gasteiger partial charge is 0.0661 e. The zero-order valence-corrected chi connectivity index (χ0v) is 8.99. The lowest BCUT2D eigenvalue weighted by Crippen LogP contribution is -1.78. The Kier molecular flexibility index (Phi) is 2.53. The van der Waals surface area contributed by atoms with E-state index in [2.05, 4.69) is 11.6 Å². The minimum absolute atomic E-state index is 0.694. The van der Waals surface area contributed by atoms with E-state index in [0.717, 1.165) is 27.9 Å². The zero-order chi connectivity index (χ0) is 10.1. The molecule has 1 heterocycles. The summed E-state index contributed by atoms with van der Waals surface area (Å²) in [5, 5.41) is 2.42. The topological polar surface area (TPSA) is 15.8 Å². The molecule has 1 N–H and O–H groups in total. The molecular formula is C11H9Cl2N. The summed E-state index contributed by atoms with van der Waals surface area (Å²) in [6.07, 6.45) is 4.56. The molecule has 0 saturated carbocycles. The average Bonchev–Trinajstić information content (AvgIpc) is 2.58. The molecule has 1 aromatic heterocycles. The number of hydrogen-bond acceptors (Lipinski definition) is 0. The standard InChI is InChI=1S/C11H9Cl2N/c1-2-3-7-6-14-11-9(13)5-4-8(12)10(7)11/h2,4-6,14H,1,3H2. The van der Waals surface area contributed by atoms with Gasteiger partial charge in [-0.2, -0.15) is 0 Å². The fourth-order valence-electron chi connectivity index (χ4n) is 1.55. The molecule has 0 unspecified atom stereocenters. The van der Waals surface area contributed by atoms with Gasteiger partial charge in [0, 0.05) is 11.6 Å². The molecular weight excluding hydrogens is 217 g/mol. The van der Waals surface area contributed by atoms with Gasteiger partial charge < -0.3 is 4.98 Å². The first kappa shape index (κ1) is 9.63.